The van der Waals surface area contributed by atoms with Crippen molar-refractivity contribution in [2.24, 2.45) is 0 Å². The molecule has 0 aliphatic heterocycles. The Balaban J connectivity index is 2.97. The van der Waals surface area contributed by atoms with Crippen molar-refractivity contribution >= 4 is 11.5 Å². The monoisotopic (exact) mass is 243 g/mol. The van der Waals surface area contributed by atoms with E-state index in [2.05, 4.69) is 6.07 Å². The van der Waals surface area contributed by atoms with Crippen LogP contribution in [0.2, 0.25) is 0 Å². The van der Waals surface area contributed by atoms with Crippen LogP contribution in [0.15, 0.2) is 29.8 Å². The molecular formula is C15H17NO2. The van der Waals surface area contributed by atoms with Gasteiger partial charge in [-0.05, 0) is 31.9 Å². The number of benzene rings is 1. The topological polar surface area (TPSA) is 50.1 Å². The van der Waals surface area contributed by atoms with E-state index in [-0.39, 0.29) is 12.4 Å². The Kier molecular flexibility index (Phi) is 5.13. The normalized spacial score (nSPS) is 11.4. The first-order valence-electron chi connectivity index (χ1n) is 5.91. The fraction of sp³-hybridized carbons (Fsp3) is 0.333. The van der Waals surface area contributed by atoms with Crippen molar-refractivity contribution in [3.05, 3.63) is 41.0 Å². The molecule has 1 aromatic carbocycles. The Morgan fingerprint density at radius 1 is 1.33 bits per heavy atom. The second-order valence-electron chi connectivity index (χ2n) is 4.06. The highest BCUT2D eigenvalue weighted by Crippen LogP contribution is 2.20. The molecule has 0 saturated heterocycles. The maximum atomic E-state index is 11.4. The number of allylic oxidation sites excluding steroid dienone is 1. The fourth-order valence-electron chi connectivity index (χ4n) is 1.59. The van der Waals surface area contributed by atoms with E-state index in [4.69, 9.17) is 10.00 Å². The fourth-order valence-corrected chi connectivity index (χ4v) is 1.59. The number of nitriles is 1. The van der Waals surface area contributed by atoms with E-state index in [9.17, 15) is 4.79 Å². The first kappa shape index (κ1) is 14.0. The van der Waals surface area contributed by atoms with Gasteiger partial charge in [0, 0.05) is 5.57 Å². The Bertz CT molecular complexity index is 492. The predicted molar refractivity (Wildman–Crippen MR) is 70.6 cm³/mol. The molecule has 0 aliphatic carbocycles. The summed E-state index contributed by atoms with van der Waals surface area (Å²) in [5, 5.41) is 9.11. The lowest BCUT2D eigenvalue weighted by Crippen LogP contribution is -2.05. The Labute approximate surface area is 108 Å². The third kappa shape index (κ3) is 3.74. The summed E-state index contributed by atoms with van der Waals surface area (Å²) in [6.07, 6.45) is 0.0318. The highest BCUT2D eigenvalue weighted by molar-refractivity contribution is 5.80. The number of carbonyl (C=O) groups excluding carboxylic acids is 1. The second kappa shape index (κ2) is 6.61. The number of hydrogen-bond donors (Lipinski definition) is 0. The third-order valence-electron chi connectivity index (χ3n) is 2.70. The van der Waals surface area contributed by atoms with E-state index in [1.54, 1.807) is 6.92 Å². The Morgan fingerprint density at radius 2 is 1.94 bits per heavy atom. The highest BCUT2D eigenvalue weighted by Gasteiger charge is 2.10. The van der Waals surface area contributed by atoms with Crippen molar-refractivity contribution < 1.29 is 9.53 Å². The van der Waals surface area contributed by atoms with Crippen molar-refractivity contribution in [1.29, 1.82) is 5.26 Å². The molecule has 0 radical (unpaired) electrons. The molecule has 0 atom stereocenters. The van der Waals surface area contributed by atoms with Gasteiger partial charge in [0.25, 0.3) is 0 Å². The summed E-state index contributed by atoms with van der Waals surface area (Å²) in [6, 6.07) is 9.95. The molecule has 1 rings (SSSR count). The molecule has 0 fully saturated rings. The van der Waals surface area contributed by atoms with Crippen LogP contribution in [0, 0.1) is 18.3 Å². The molecule has 1 aromatic rings. The average molecular weight is 243 g/mol. The summed E-state index contributed by atoms with van der Waals surface area (Å²) in [5.41, 5.74) is 3.40. The molecule has 94 valence electrons. The molecule has 0 unspecified atom stereocenters. The Morgan fingerprint density at radius 3 is 2.44 bits per heavy atom. The third-order valence-corrected chi connectivity index (χ3v) is 2.70. The number of nitrogens with zero attached hydrogens (tertiary/aromatic N) is 1. The van der Waals surface area contributed by atoms with Gasteiger partial charge < -0.3 is 4.74 Å². The summed E-state index contributed by atoms with van der Waals surface area (Å²) in [6.45, 7) is 5.94. The van der Waals surface area contributed by atoms with Gasteiger partial charge >= 0.3 is 5.97 Å². The highest BCUT2D eigenvalue weighted by atomic mass is 16.5. The van der Waals surface area contributed by atoms with Gasteiger partial charge in [0.05, 0.1) is 19.1 Å². The van der Waals surface area contributed by atoms with Crippen molar-refractivity contribution in [2.45, 2.75) is 27.2 Å². The van der Waals surface area contributed by atoms with E-state index in [1.165, 1.54) is 0 Å². The van der Waals surface area contributed by atoms with Crippen LogP contribution in [-0.4, -0.2) is 12.6 Å². The summed E-state index contributed by atoms with van der Waals surface area (Å²) in [4.78, 5) is 11.4. The Hall–Kier alpha value is -2.08. The van der Waals surface area contributed by atoms with Crippen LogP contribution >= 0.6 is 0 Å². The smallest absolute Gasteiger partial charge is 0.311 e. The van der Waals surface area contributed by atoms with Gasteiger partial charge in [0.1, 0.15) is 0 Å². The first-order valence-corrected chi connectivity index (χ1v) is 5.91. The van der Waals surface area contributed by atoms with Crippen LogP contribution in [0.4, 0.5) is 0 Å². The van der Waals surface area contributed by atoms with Crippen LogP contribution < -0.4 is 0 Å². The first-order chi connectivity index (χ1) is 8.58. The van der Waals surface area contributed by atoms with Crippen LogP contribution in [0.5, 0.6) is 0 Å². The molecule has 0 saturated carbocycles. The van der Waals surface area contributed by atoms with Crippen molar-refractivity contribution in [1.82, 2.24) is 0 Å². The maximum absolute atomic E-state index is 11.4. The van der Waals surface area contributed by atoms with Crippen molar-refractivity contribution in [2.75, 3.05) is 6.61 Å². The molecule has 0 spiro atoms. The molecular weight excluding hydrogens is 226 g/mol. The quantitative estimate of drug-likeness (QED) is 0.602. The lowest BCUT2D eigenvalue weighted by molar-refractivity contribution is -0.142. The standard InChI is InChI=1S/C15H17NO2/c1-4-18-15(17)9-14(10-16)12(3)13-7-5-11(2)6-8-13/h5-8H,4,9H2,1-3H3. The van der Waals surface area contributed by atoms with Crippen LogP contribution in [0.1, 0.15) is 31.4 Å². The number of hydrogen-bond acceptors (Lipinski definition) is 3. The molecule has 0 amide bonds. The minimum absolute atomic E-state index is 0.0318. The van der Waals surface area contributed by atoms with Crippen LogP contribution in [0.3, 0.4) is 0 Å². The lowest BCUT2D eigenvalue weighted by Gasteiger charge is -2.06. The van der Waals surface area contributed by atoms with Gasteiger partial charge in [-0.15, -0.1) is 0 Å². The van der Waals surface area contributed by atoms with E-state index in [0.717, 1.165) is 16.7 Å². The minimum Gasteiger partial charge on any atom is -0.466 e. The molecule has 0 bridgehead atoms. The van der Waals surface area contributed by atoms with Gasteiger partial charge in [-0.25, -0.2) is 0 Å². The summed E-state index contributed by atoms with van der Waals surface area (Å²) < 4.78 is 4.86. The van der Waals surface area contributed by atoms with Gasteiger partial charge in [-0.2, -0.15) is 5.26 Å². The SMILES string of the molecule is CCOC(=O)CC(C#N)=C(C)c1ccc(C)cc1. The van der Waals surface area contributed by atoms with Crippen LogP contribution in [-0.2, 0) is 9.53 Å². The summed E-state index contributed by atoms with van der Waals surface area (Å²) in [5.74, 6) is -0.361. The maximum Gasteiger partial charge on any atom is 0.311 e. The van der Waals surface area contributed by atoms with E-state index in [0.29, 0.717) is 12.2 Å². The zero-order valence-corrected chi connectivity index (χ0v) is 11.0. The van der Waals surface area contributed by atoms with Gasteiger partial charge in [-0.1, -0.05) is 29.8 Å². The minimum atomic E-state index is -0.361. The number of aryl methyl sites for hydroxylation is 1. The number of ether oxygens (including phenoxy) is 1. The number of esters is 1. The number of rotatable bonds is 4. The second-order valence-corrected chi connectivity index (χ2v) is 4.06. The van der Waals surface area contributed by atoms with E-state index >= 15 is 0 Å². The predicted octanol–water partition coefficient (Wildman–Crippen LogP) is 3.25. The summed E-state index contributed by atoms with van der Waals surface area (Å²) in [7, 11) is 0. The van der Waals surface area contributed by atoms with Gasteiger partial charge in [0.2, 0.25) is 0 Å². The molecule has 18 heavy (non-hydrogen) atoms. The number of carbonyl (C=O) groups is 1. The van der Waals surface area contributed by atoms with Crippen LogP contribution in [0.25, 0.3) is 5.57 Å². The van der Waals surface area contributed by atoms with E-state index < -0.39 is 0 Å². The molecule has 3 heteroatoms. The summed E-state index contributed by atoms with van der Waals surface area (Å²) >= 11 is 0. The largest absolute Gasteiger partial charge is 0.466 e. The van der Waals surface area contributed by atoms with Crippen molar-refractivity contribution in [3.8, 4) is 6.07 Å². The molecule has 3 nitrogen and oxygen atoms in total. The zero-order chi connectivity index (χ0) is 13.5. The zero-order valence-electron chi connectivity index (χ0n) is 11.0. The van der Waals surface area contributed by atoms with E-state index in [1.807, 2.05) is 38.1 Å². The molecule has 0 aromatic heterocycles. The molecule has 0 N–H and O–H groups in total. The molecule has 0 heterocycles. The van der Waals surface area contributed by atoms with Gasteiger partial charge in [-0.3, -0.25) is 4.79 Å². The van der Waals surface area contributed by atoms with Gasteiger partial charge in [0.15, 0.2) is 0 Å². The van der Waals surface area contributed by atoms with Crippen molar-refractivity contribution in [3.63, 3.8) is 0 Å². The molecule has 0 aliphatic rings. The average Bonchev–Trinajstić information content (AvgIpc) is 2.36. The lowest BCUT2D eigenvalue weighted by atomic mass is 9.99.